The Morgan fingerprint density at radius 1 is 1.50 bits per heavy atom. The number of carboxylic acids is 1. The molecule has 0 saturated heterocycles. The number of imidazole rings is 1. The number of carbonyl (C=O) groups is 1. The topological polar surface area (TPSA) is 57.4 Å². The van der Waals surface area contributed by atoms with Gasteiger partial charge in [-0.05, 0) is 31.5 Å². The zero-order valence-electron chi connectivity index (χ0n) is 7.94. The second kappa shape index (κ2) is 2.83. The first-order chi connectivity index (χ1) is 6.59. The van der Waals surface area contributed by atoms with Gasteiger partial charge in [0.15, 0.2) is 0 Å². The maximum absolute atomic E-state index is 10.8. The molecular formula is C10H9N2O2-. The Morgan fingerprint density at radius 3 is 2.86 bits per heavy atom. The summed E-state index contributed by atoms with van der Waals surface area (Å²) in [5, 5.41) is 10.8. The first-order valence-electron chi connectivity index (χ1n) is 4.26. The van der Waals surface area contributed by atoms with Gasteiger partial charge >= 0.3 is 0 Å². The van der Waals surface area contributed by atoms with Crippen LogP contribution in [0.2, 0.25) is 0 Å². The number of fused-ring (bicyclic) bond motifs is 1. The van der Waals surface area contributed by atoms with E-state index in [4.69, 9.17) is 0 Å². The number of aryl methyl sites for hydroxylation is 2. The highest BCUT2D eigenvalue weighted by atomic mass is 16.4. The predicted molar refractivity (Wildman–Crippen MR) is 49.0 cm³/mol. The van der Waals surface area contributed by atoms with E-state index in [0.717, 1.165) is 5.56 Å². The lowest BCUT2D eigenvalue weighted by Gasteiger charge is -2.03. The number of carbonyl (C=O) groups excluding carboxylic acids is 1. The molecule has 2 aromatic rings. The third-order valence-corrected chi connectivity index (χ3v) is 2.15. The second-order valence-electron chi connectivity index (χ2n) is 3.27. The summed E-state index contributed by atoms with van der Waals surface area (Å²) in [5.41, 5.74) is 2.30. The highest BCUT2D eigenvalue weighted by Crippen LogP contribution is 2.12. The summed E-state index contributed by atoms with van der Waals surface area (Å²) in [7, 11) is 0. The molecule has 2 heterocycles. The molecule has 2 aromatic heterocycles. The van der Waals surface area contributed by atoms with Crippen molar-refractivity contribution in [2.75, 3.05) is 0 Å². The van der Waals surface area contributed by atoms with E-state index < -0.39 is 5.97 Å². The minimum absolute atomic E-state index is 0.125. The van der Waals surface area contributed by atoms with Gasteiger partial charge in [-0.25, -0.2) is 4.98 Å². The fourth-order valence-corrected chi connectivity index (χ4v) is 1.51. The van der Waals surface area contributed by atoms with Gasteiger partial charge in [-0.15, -0.1) is 0 Å². The molecule has 0 saturated carbocycles. The molecule has 4 nitrogen and oxygen atoms in total. The van der Waals surface area contributed by atoms with Crippen molar-refractivity contribution in [3.8, 4) is 0 Å². The van der Waals surface area contributed by atoms with Gasteiger partial charge in [0.25, 0.3) is 0 Å². The Morgan fingerprint density at radius 2 is 2.21 bits per heavy atom. The lowest BCUT2D eigenvalue weighted by molar-refractivity contribution is -0.255. The molecular weight excluding hydrogens is 180 g/mol. The Kier molecular flexibility index (Phi) is 1.77. The van der Waals surface area contributed by atoms with E-state index in [-0.39, 0.29) is 5.69 Å². The number of rotatable bonds is 1. The number of hydrogen-bond donors (Lipinski definition) is 0. The van der Waals surface area contributed by atoms with Crippen LogP contribution >= 0.6 is 0 Å². The van der Waals surface area contributed by atoms with Gasteiger partial charge in [0.2, 0.25) is 0 Å². The summed E-state index contributed by atoms with van der Waals surface area (Å²) in [6, 6.07) is 3.67. The maximum Gasteiger partial charge on any atom is 0.137 e. The minimum Gasteiger partial charge on any atom is -0.543 e. The molecule has 0 aliphatic rings. The second-order valence-corrected chi connectivity index (χ2v) is 3.27. The standard InChI is InChI=1S/C10H10N2O2/c1-6-3-4-12-8(5-6)11-7(2)9(12)10(13)14/h3-5H,1-2H3,(H,13,14)/p-1. The van der Waals surface area contributed by atoms with Crippen LogP contribution in [0.5, 0.6) is 0 Å². The number of nitrogens with zero attached hydrogens (tertiary/aromatic N) is 2. The molecule has 0 unspecified atom stereocenters. The fraction of sp³-hybridized carbons (Fsp3) is 0.200. The van der Waals surface area contributed by atoms with Gasteiger partial charge in [-0.2, -0.15) is 0 Å². The first-order valence-corrected chi connectivity index (χ1v) is 4.26. The SMILES string of the molecule is Cc1ccn2c(C(=O)[O-])c(C)nc2c1. The van der Waals surface area contributed by atoms with Crippen molar-refractivity contribution in [2.24, 2.45) is 0 Å². The largest absolute Gasteiger partial charge is 0.543 e. The molecule has 14 heavy (non-hydrogen) atoms. The van der Waals surface area contributed by atoms with E-state index in [9.17, 15) is 9.90 Å². The summed E-state index contributed by atoms with van der Waals surface area (Å²) in [5.74, 6) is -1.20. The van der Waals surface area contributed by atoms with Gasteiger partial charge in [0.05, 0.1) is 17.4 Å². The van der Waals surface area contributed by atoms with E-state index in [0.29, 0.717) is 11.3 Å². The first kappa shape index (κ1) is 8.74. The van der Waals surface area contributed by atoms with Crippen molar-refractivity contribution in [3.05, 3.63) is 35.3 Å². The van der Waals surface area contributed by atoms with Crippen LogP contribution in [-0.4, -0.2) is 15.4 Å². The Bertz CT molecular complexity index is 514. The third kappa shape index (κ3) is 1.16. The Labute approximate surface area is 80.8 Å². The molecule has 72 valence electrons. The molecule has 2 rings (SSSR count). The van der Waals surface area contributed by atoms with E-state index in [1.807, 2.05) is 19.1 Å². The van der Waals surface area contributed by atoms with Gasteiger partial charge in [-0.3, -0.25) is 4.40 Å². The van der Waals surface area contributed by atoms with Crippen LogP contribution in [0.1, 0.15) is 21.7 Å². The molecule has 0 amide bonds. The molecule has 0 aliphatic carbocycles. The summed E-state index contributed by atoms with van der Waals surface area (Å²) >= 11 is 0. The number of aromatic carboxylic acids is 1. The van der Waals surface area contributed by atoms with Crippen LogP contribution in [0.4, 0.5) is 0 Å². The van der Waals surface area contributed by atoms with Crippen LogP contribution in [0, 0.1) is 13.8 Å². The fourth-order valence-electron chi connectivity index (χ4n) is 1.51. The molecule has 0 spiro atoms. The summed E-state index contributed by atoms with van der Waals surface area (Å²) in [4.78, 5) is 14.9. The minimum atomic E-state index is -1.20. The van der Waals surface area contributed by atoms with Gasteiger partial charge in [-0.1, -0.05) is 0 Å². The molecule has 0 bridgehead atoms. The molecule has 0 fully saturated rings. The van der Waals surface area contributed by atoms with E-state index in [1.165, 1.54) is 4.40 Å². The highest BCUT2D eigenvalue weighted by Gasteiger charge is 2.08. The zero-order valence-corrected chi connectivity index (χ0v) is 7.94. The number of carboxylic acid groups (broad SMARTS) is 1. The van der Waals surface area contributed by atoms with Crippen molar-refractivity contribution in [2.45, 2.75) is 13.8 Å². The molecule has 4 heteroatoms. The van der Waals surface area contributed by atoms with Crippen molar-refractivity contribution < 1.29 is 9.90 Å². The van der Waals surface area contributed by atoms with Gasteiger partial charge < -0.3 is 9.90 Å². The number of pyridine rings is 1. The third-order valence-electron chi connectivity index (χ3n) is 2.15. The summed E-state index contributed by atoms with van der Waals surface area (Å²) in [6.45, 7) is 3.59. The van der Waals surface area contributed by atoms with Crippen LogP contribution in [0.3, 0.4) is 0 Å². The number of hydrogen-bond acceptors (Lipinski definition) is 3. The van der Waals surface area contributed by atoms with Gasteiger partial charge in [0, 0.05) is 6.20 Å². The summed E-state index contributed by atoms with van der Waals surface area (Å²) < 4.78 is 1.53. The van der Waals surface area contributed by atoms with E-state index in [2.05, 4.69) is 4.98 Å². The van der Waals surface area contributed by atoms with E-state index >= 15 is 0 Å². The van der Waals surface area contributed by atoms with Gasteiger partial charge in [0.1, 0.15) is 5.65 Å². The average molecular weight is 189 g/mol. The smallest absolute Gasteiger partial charge is 0.137 e. The molecule has 0 aliphatic heterocycles. The average Bonchev–Trinajstić information content (AvgIpc) is 2.39. The molecule has 0 radical (unpaired) electrons. The number of aromatic nitrogens is 2. The quantitative estimate of drug-likeness (QED) is 0.649. The summed E-state index contributed by atoms with van der Waals surface area (Å²) in [6.07, 6.45) is 1.69. The predicted octanol–water partition coefficient (Wildman–Crippen LogP) is 0.315. The van der Waals surface area contributed by atoms with Crippen LogP contribution < -0.4 is 5.11 Å². The monoisotopic (exact) mass is 189 g/mol. The van der Waals surface area contributed by atoms with Crippen LogP contribution in [0.25, 0.3) is 5.65 Å². The van der Waals surface area contributed by atoms with Crippen molar-refractivity contribution in [1.29, 1.82) is 0 Å². The Balaban J connectivity index is 2.84. The van der Waals surface area contributed by atoms with Crippen molar-refractivity contribution >= 4 is 11.6 Å². The lowest BCUT2D eigenvalue weighted by Crippen LogP contribution is -2.24. The molecule has 0 N–H and O–H groups in total. The normalized spacial score (nSPS) is 10.7. The van der Waals surface area contributed by atoms with Crippen LogP contribution in [-0.2, 0) is 0 Å². The highest BCUT2D eigenvalue weighted by molar-refractivity contribution is 5.86. The van der Waals surface area contributed by atoms with E-state index in [1.54, 1.807) is 13.1 Å². The zero-order chi connectivity index (χ0) is 10.3. The molecule has 0 atom stereocenters. The van der Waals surface area contributed by atoms with Crippen molar-refractivity contribution in [3.63, 3.8) is 0 Å². The molecule has 0 aromatic carbocycles. The lowest BCUT2D eigenvalue weighted by atomic mass is 10.3. The maximum atomic E-state index is 10.8. The van der Waals surface area contributed by atoms with Crippen molar-refractivity contribution in [1.82, 2.24) is 9.38 Å². The Hall–Kier alpha value is -1.84. The van der Waals surface area contributed by atoms with Crippen LogP contribution in [0.15, 0.2) is 18.3 Å².